The van der Waals surface area contributed by atoms with Gasteiger partial charge >= 0.3 is 6.18 Å². The molecule has 0 radical (unpaired) electrons. The van der Waals surface area contributed by atoms with Crippen LogP contribution >= 0.6 is 0 Å². The monoisotopic (exact) mass is 449 g/mol. The van der Waals surface area contributed by atoms with E-state index in [1.807, 2.05) is 30.3 Å². The van der Waals surface area contributed by atoms with Gasteiger partial charge in [-0.1, -0.05) is 35.5 Å². The number of halogens is 3. The highest BCUT2D eigenvalue weighted by Gasteiger charge is 2.59. The zero-order valence-corrected chi connectivity index (χ0v) is 18.1. The zero-order chi connectivity index (χ0) is 22.8. The predicted molar refractivity (Wildman–Crippen MR) is 111 cm³/mol. The van der Waals surface area contributed by atoms with Crippen molar-refractivity contribution in [1.29, 1.82) is 0 Å². The van der Waals surface area contributed by atoms with E-state index < -0.39 is 23.8 Å². The van der Waals surface area contributed by atoms with Gasteiger partial charge in [0.15, 0.2) is 5.82 Å². The highest BCUT2D eigenvalue weighted by molar-refractivity contribution is 5.65. The summed E-state index contributed by atoms with van der Waals surface area (Å²) in [4.78, 5) is 8.64. The molecule has 1 saturated carbocycles. The average Bonchev–Trinajstić information content (AvgIpc) is 3.52. The van der Waals surface area contributed by atoms with Crippen molar-refractivity contribution in [2.75, 3.05) is 13.2 Å². The SMILES string of the molecule is Cc1nc(C(C)(COCc2ccccc2)C2(OCC(F)(F)F)CC=NC=C2C2CC2)no1. The van der Waals surface area contributed by atoms with Gasteiger partial charge in [0.1, 0.15) is 12.2 Å². The number of nitrogens with zero attached hydrogens (tertiary/aromatic N) is 3. The molecule has 1 aliphatic heterocycles. The third kappa shape index (κ3) is 4.63. The Balaban J connectivity index is 1.72. The van der Waals surface area contributed by atoms with Crippen LogP contribution in [0.25, 0.3) is 0 Å². The Bertz CT molecular complexity index is 985. The summed E-state index contributed by atoms with van der Waals surface area (Å²) in [6, 6.07) is 9.56. The number of aliphatic imine (C=N–C) groups is 1. The molecule has 0 bridgehead atoms. The standard InChI is InChI=1S/C23H26F3N3O3/c1-16-28-20(29-32-16)21(2,14-30-13-17-6-4-3-5-7-17)22(31-15-23(24,25)26)10-11-27-12-19(22)18-8-9-18/h3-7,11-12,18H,8-10,13-15H2,1-2H3. The second-order valence-electron chi connectivity index (χ2n) is 8.57. The number of benzene rings is 1. The highest BCUT2D eigenvalue weighted by Crippen LogP contribution is 2.53. The van der Waals surface area contributed by atoms with Crippen molar-refractivity contribution in [3.63, 3.8) is 0 Å². The molecule has 4 rings (SSSR count). The van der Waals surface area contributed by atoms with Gasteiger partial charge in [-0.15, -0.1) is 0 Å². The highest BCUT2D eigenvalue weighted by atomic mass is 19.4. The largest absolute Gasteiger partial charge is 0.411 e. The van der Waals surface area contributed by atoms with E-state index >= 15 is 0 Å². The predicted octanol–water partition coefficient (Wildman–Crippen LogP) is 4.94. The van der Waals surface area contributed by atoms with Gasteiger partial charge < -0.3 is 14.0 Å². The molecule has 0 saturated heterocycles. The van der Waals surface area contributed by atoms with Gasteiger partial charge in [0.2, 0.25) is 5.89 Å². The first-order valence-corrected chi connectivity index (χ1v) is 10.6. The lowest BCUT2D eigenvalue weighted by molar-refractivity contribution is -0.214. The first-order valence-electron chi connectivity index (χ1n) is 10.6. The molecule has 2 unspecified atom stereocenters. The zero-order valence-electron chi connectivity index (χ0n) is 18.1. The third-order valence-electron chi connectivity index (χ3n) is 6.08. The molecule has 2 atom stereocenters. The summed E-state index contributed by atoms with van der Waals surface area (Å²) >= 11 is 0. The number of rotatable bonds is 9. The van der Waals surface area contributed by atoms with Gasteiger partial charge in [-0.25, -0.2) is 0 Å². The Morgan fingerprint density at radius 3 is 2.53 bits per heavy atom. The van der Waals surface area contributed by atoms with Gasteiger partial charge in [0, 0.05) is 25.8 Å². The average molecular weight is 449 g/mol. The molecule has 0 N–H and O–H groups in total. The van der Waals surface area contributed by atoms with Crippen molar-refractivity contribution in [3.8, 4) is 0 Å². The minimum absolute atomic E-state index is 0.0383. The molecule has 1 aliphatic carbocycles. The van der Waals surface area contributed by atoms with Crippen LogP contribution in [0.3, 0.4) is 0 Å². The van der Waals surface area contributed by atoms with Crippen molar-refractivity contribution in [2.24, 2.45) is 10.9 Å². The van der Waals surface area contributed by atoms with Crippen LogP contribution in [0, 0.1) is 12.8 Å². The summed E-state index contributed by atoms with van der Waals surface area (Å²) in [6.45, 7) is 2.37. The molecular weight excluding hydrogens is 423 g/mol. The van der Waals surface area contributed by atoms with Gasteiger partial charge in [0.25, 0.3) is 0 Å². The van der Waals surface area contributed by atoms with E-state index in [4.69, 9.17) is 14.0 Å². The maximum Gasteiger partial charge on any atom is 0.411 e. The number of aromatic nitrogens is 2. The van der Waals surface area contributed by atoms with Crippen molar-refractivity contribution in [3.05, 3.63) is 59.4 Å². The first kappa shape index (κ1) is 22.7. The van der Waals surface area contributed by atoms with E-state index in [2.05, 4.69) is 15.1 Å². The van der Waals surface area contributed by atoms with Crippen LogP contribution in [-0.4, -0.2) is 41.3 Å². The smallest absolute Gasteiger partial charge is 0.376 e. The second-order valence-corrected chi connectivity index (χ2v) is 8.57. The Labute approximate surface area is 184 Å². The lowest BCUT2D eigenvalue weighted by atomic mass is 9.65. The Hall–Kier alpha value is -2.52. The molecule has 0 spiro atoms. The van der Waals surface area contributed by atoms with E-state index in [1.165, 1.54) is 0 Å². The molecule has 9 heteroatoms. The van der Waals surface area contributed by atoms with E-state index in [0.29, 0.717) is 12.5 Å². The fourth-order valence-corrected chi connectivity index (χ4v) is 4.25. The van der Waals surface area contributed by atoms with Crippen LogP contribution in [0.15, 0.2) is 51.6 Å². The summed E-state index contributed by atoms with van der Waals surface area (Å²) in [6.07, 6.45) is 0.652. The molecule has 1 aromatic carbocycles. The fourth-order valence-electron chi connectivity index (χ4n) is 4.25. The van der Waals surface area contributed by atoms with Gasteiger partial charge in [-0.3, -0.25) is 4.99 Å². The van der Waals surface area contributed by atoms with Crippen molar-refractivity contribution < 1.29 is 27.2 Å². The first-order chi connectivity index (χ1) is 15.2. The van der Waals surface area contributed by atoms with Crippen LogP contribution in [0.1, 0.15) is 43.5 Å². The number of aryl methyl sites for hydroxylation is 1. The summed E-state index contributed by atoms with van der Waals surface area (Å²) in [5.74, 6) is 0.691. The van der Waals surface area contributed by atoms with Crippen LogP contribution in [0.2, 0.25) is 0 Å². The van der Waals surface area contributed by atoms with Crippen LogP contribution < -0.4 is 0 Å². The van der Waals surface area contributed by atoms with Crippen LogP contribution in [0.4, 0.5) is 13.2 Å². The van der Waals surface area contributed by atoms with Crippen LogP contribution in [-0.2, 0) is 21.5 Å². The minimum atomic E-state index is -4.49. The van der Waals surface area contributed by atoms with E-state index in [-0.39, 0.29) is 24.8 Å². The minimum Gasteiger partial charge on any atom is -0.376 e. The summed E-state index contributed by atoms with van der Waals surface area (Å²) in [5, 5.41) is 4.09. The third-order valence-corrected chi connectivity index (χ3v) is 6.08. The molecule has 2 aliphatic rings. The topological polar surface area (TPSA) is 69.7 Å². The molecule has 1 aromatic heterocycles. The molecule has 2 heterocycles. The van der Waals surface area contributed by atoms with E-state index in [0.717, 1.165) is 24.0 Å². The Kier molecular flexibility index (Phi) is 6.22. The second kappa shape index (κ2) is 8.78. The number of ether oxygens (including phenoxy) is 2. The molecule has 32 heavy (non-hydrogen) atoms. The number of hydrogen-bond acceptors (Lipinski definition) is 6. The van der Waals surface area contributed by atoms with Crippen molar-refractivity contribution in [1.82, 2.24) is 10.1 Å². The quantitative estimate of drug-likeness (QED) is 0.543. The van der Waals surface area contributed by atoms with E-state index in [1.54, 1.807) is 26.3 Å². The van der Waals surface area contributed by atoms with E-state index in [9.17, 15) is 13.2 Å². The summed E-state index contributed by atoms with van der Waals surface area (Å²) in [7, 11) is 0. The molecular formula is C23H26F3N3O3. The maximum atomic E-state index is 13.3. The summed E-state index contributed by atoms with van der Waals surface area (Å²) < 4.78 is 57.1. The lowest BCUT2D eigenvalue weighted by Crippen LogP contribution is -2.58. The lowest BCUT2D eigenvalue weighted by Gasteiger charge is -2.48. The molecule has 172 valence electrons. The maximum absolute atomic E-state index is 13.3. The van der Waals surface area contributed by atoms with Gasteiger partial charge in [0.05, 0.1) is 18.6 Å². The normalized spacial score (nSPS) is 23.1. The molecule has 2 aromatic rings. The Morgan fingerprint density at radius 2 is 1.91 bits per heavy atom. The van der Waals surface area contributed by atoms with Crippen LogP contribution in [0.5, 0.6) is 0 Å². The Morgan fingerprint density at radius 1 is 1.16 bits per heavy atom. The summed E-state index contributed by atoms with van der Waals surface area (Å²) in [5.41, 5.74) is -0.825. The molecule has 6 nitrogen and oxygen atoms in total. The fraction of sp³-hybridized carbons (Fsp3) is 0.522. The van der Waals surface area contributed by atoms with Crippen molar-refractivity contribution in [2.45, 2.75) is 56.9 Å². The number of hydrogen-bond donors (Lipinski definition) is 0. The number of alkyl halides is 3. The van der Waals surface area contributed by atoms with Gasteiger partial charge in [-0.05, 0) is 36.8 Å². The van der Waals surface area contributed by atoms with Gasteiger partial charge in [-0.2, -0.15) is 18.2 Å². The molecule has 1 fully saturated rings. The van der Waals surface area contributed by atoms with Crippen molar-refractivity contribution >= 4 is 6.21 Å². The molecule has 0 amide bonds.